The van der Waals surface area contributed by atoms with Crippen LogP contribution in [0.3, 0.4) is 0 Å². The molecule has 0 radical (unpaired) electrons. The van der Waals surface area contributed by atoms with Crippen LogP contribution >= 0.6 is 22.9 Å². The third-order valence-electron chi connectivity index (χ3n) is 4.13. The summed E-state index contributed by atoms with van der Waals surface area (Å²) in [6, 6.07) is 11.5. The zero-order chi connectivity index (χ0) is 15.7. The van der Waals surface area contributed by atoms with E-state index in [0.717, 1.165) is 18.5 Å². The average molecular weight is 336 g/mol. The second-order valence-corrected chi connectivity index (χ2v) is 7.39. The maximum atomic E-state index is 11.6. The van der Waals surface area contributed by atoms with E-state index in [-0.39, 0.29) is 6.04 Å². The number of likely N-dealkylation sites (tertiary alicyclic amines) is 1. The van der Waals surface area contributed by atoms with E-state index in [2.05, 4.69) is 24.0 Å². The highest BCUT2D eigenvalue weighted by Gasteiger charge is 2.37. The maximum Gasteiger partial charge on any atom is 0.320 e. The highest BCUT2D eigenvalue weighted by atomic mass is 35.5. The molecule has 5 heteroatoms. The normalized spacial score (nSPS) is 20.2. The second-order valence-electron chi connectivity index (χ2n) is 5.64. The van der Waals surface area contributed by atoms with E-state index in [4.69, 9.17) is 11.6 Å². The van der Waals surface area contributed by atoms with E-state index in [1.165, 1.54) is 9.75 Å². The lowest BCUT2D eigenvalue weighted by Crippen LogP contribution is -2.38. The van der Waals surface area contributed by atoms with Crippen molar-refractivity contribution >= 4 is 28.9 Å². The molecule has 1 aromatic carbocycles. The van der Waals surface area contributed by atoms with Gasteiger partial charge in [-0.15, -0.1) is 11.3 Å². The van der Waals surface area contributed by atoms with Crippen LogP contribution in [0.2, 0.25) is 5.02 Å². The molecule has 1 aliphatic rings. The molecule has 2 atom stereocenters. The van der Waals surface area contributed by atoms with Crippen LogP contribution in [-0.2, 0) is 4.79 Å². The minimum Gasteiger partial charge on any atom is -0.480 e. The zero-order valence-corrected chi connectivity index (χ0v) is 13.9. The fourth-order valence-electron chi connectivity index (χ4n) is 3.13. The largest absolute Gasteiger partial charge is 0.480 e. The minimum atomic E-state index is -0.732. The van der Waals surface area contributed by atoms with Gasteiger partial charge >= 0.3 is 5.97 Å². The summed E-state index contributed by atoms with van der Waals surface area (Å²) in [6.07, 6.45) is 1.63. The molecule has 1 aliphatic heterocycles. The standard InChI is InChI=1S/C17H18ClNO2S/c1-11-4-9-15(22-11)16(12-5-7-13(18)8-6-12)19-10-2-3-14(19)17(20)21/h4-9,14,16H,2-3,10H2,1H3,(H,20,21). The van der Waals surface area contributed by atoms with Crippen molar-refractivity contribution < 1.29 is 9.90 Å². The number of aliphatic carboxylic acids is 1. The number of carboxylic acids is 1. The van der Waals surface area contributed by atoms with Gasteiger partial charge in [-0.25, -0.2) is 0 Å². The summed E-state index contributed by atoms with van der Waals surface area (Å²) in [5.41, 5.74) is 1.10. The Labute approximate surface area is 139 Å². The molecule has 2 heterocycles. The summed E-state index contributed by atoms with van der Waals surface area (Å²) in [4.78, 5) is 16.1. The summed E-state index contributed by atoms with van der Waals surface area (Å²) in [5, 5.41) is 10.2. The van der Waals surface area contributed by atoms with Crippen LogP contribution in [0.15, 0.2) is 36.4 Å². The lowest BCUT2D eigenvalue weighted by Gasteiger charge is -2.31. The van der Waals surface area contributed by atoms with Gasteiger partial charge in [0.2, 0.25) is 0 Å². The average Bonchev–Trinajstić information content (AvgIpc) is 3.11. The number of carboxylic acid groups (broad SMARTS) is 1. The molecule has 0 aliphatic carbocycles. The van der Waals surface area contributed by atoms with Crippen molar-refractivity contribution in [3.05, 3.63) is 56.7 Å². The first-order chi connectivity index (χ1) is 10.6. The third kappa shape index (κ3) is 3.05. The van der Waals surface area contributed by atoms with E-state index in [1.54, 1.807) is 11.3 Å². The van der Waals surface area contributed by atoms with Crippen LogP contribution in [0.25, 0.3) is 0 Å². The van der Waals surface area contributed by atoms with Gasteiger partial charge in [0, 0.05) is 21.3 Å². The van der Waals surface area contributed by atoms with Gasteiger partial charge in [-0.05, 0) is 49.6 Å². The Morgan fingerprint density at radius 3 is 2.64 bits per heavy atom. The molecule has 1 fully saturated rings. The Morgan fingerprint density at radius 1 is 1.32 bits per heavy atom. The van der Waals surface area contributed by atoms with Crippen molar-refractivity contribution in [2.45, 2.75) is 31.8 Å². The van der Waals surface area contributed by atoms with Crippen LogP contribution in [0, 0.1) is 6.92 Å². The maximum absolute atomic E-state index is 11.6. The molecule has 22 heavy (non-hydrogen) atoms. The molecule has 0 amide bonds. The van der Waals surface area contributed by atoms with E-state index in [9.17, 15) is 9.90 Å². The number of aryl methyl sites for hydroxylation is 1. The molecule has 0 saturated carbocycles. The van der Waals surface area contributed by atoms with Gasteiger partial charge in [-0.2, -0.15) is 0 Å². The Morgan fingerprint density at radius 2 is 2.05 bits per heavy atom. The van der Waals surface area contributed by atoms with E-state index >= 15 is 0 Å². The fraction of sp³-hybridized carbons (Fsp3) is 0.353. The second kappa shape index (κ2) is 6.41. The van der Waals surface area contributed by atoms with Crippen molar-refractivity contribution in [3.63, 3.8) is 0 Å². The van der Waals surface area contributed by atoms with E-state index < -0.39 is 12.0 Å². The van der Waals surface area contributed by atoms with Gasteiger partial charge in [-0.1, -0.05) is 23.7 Å². The van der Waals surface area contributed by atoms with Crippen LogP contribution in [0.1, 0.15) is 34.2 Å². The first-order valence-corrected chi connectivity index (χ1v) is 8.56. The highest BCUT2D eigenvalue weighted by Crippen LogP contribution is 2.38. The first kappa shape index (κ1) is 15.5. The predicted molar refractivity (Wildman–Crippen MR) is 89.7 cm³/mol. The Hall–Kier alpha value is -1.36. The Bertz CT molecular complexity index is 668. The molecular weight excluding hydrogens is 318 g/mol. The van der Waals surface area contributed by atoms with Gasteiger partial charge in [0.05, 0.1) is 6.04 Å². The quantitative estimate of drug-likeness (QED) is 0.903. The smallest absolute Gasteiger partial charge is 0.320 e. The zero-order valence-electron chi connectivity index (χ0n) is 12.3. The molecule has 2 aromatic rings. The molecule has 1 N–H and O–H groups in total. The summed E-state index contributed by atoms with van der Waals surface area (Å²) < 4.78 is 0. The van der Waals surface area contributed by atoms with E-state index in [0.29, 0.717) is 11.4 Å². The summed E-state index contributed by atoms with van der Waals surface area (Å²) in [7, 11) is 0. The van der Waals surface area contributed by atoms with Crippen LogP contribution in [-0.4, -0.2) is 28.6 Å². The van der Waals surface area contributed by atoms with Crippen molar-refractivity contribution in [1.29, 1.82) is 0 Å². The molecule has 1 aromatic heterocycles. The lowest BCUT2D eigenvalue weighted by molar-refractivity contribution is -0.142. The van der Waals surface area contributed by atoms with Gasteiger partial charge in [0.25, 0.3) is 0 Å². The molecule has 3 nitrogen and oxygen atoms in total. The Balaban J connectivity index is 2.03. The van der Waals surface area contributed by atoms with Crippen LogP contribution in [0.5, 0.6) is 0 Å². The van der Waals surface area contributed by atoms with Gasteiger partial charge in [0.1, 0.15) is 6.04 Å². The summed E-state index contributed by atoms with van der Waals surface area (Å²) >= 11 is 7.73. The number of hydrogen-bond acceptors (Lipinski definition) is 3. The molecule has 116 valence electrons. The number of benzene rings is 1. The topological polar surface area (TPSA) is 40.5 Å². The monoisotopic (exact) mass is 335 g/mol. The van der Waals surface area contributed by atoms with Crippen molar-refractivity contribution in [2.24, 2.45) is 0 Å². The third-order valence-corrected chi connectivity index (χ3v) is 5.43. The minimum absolute atomic E-state index is 0.0143. The SMILES string of the molecule is Cc1ccc(C(c2ccc(Cl)cc2)N2CCCC2C(=O)O)s1. The van der Waals surface area contributed by atoms with Gasteiger partial charge in [-0.3, -0.25) is 9.69 Å². The molecule has 3 rings (SSSR count). The molecule has 2 unspecified atom stereocenters. The number of nitrogens with zero attached hydrogens (tertiary/aromatic N) is 1. The van der Waals surface area contributed by atoms with Crippen molar-refractivity contribution in [3.8, 4) is 0 Å². The molecule has 1 saturated heterocycles. The van der Waals surface area contributed by atoms with Crippen molar-refractivity contribution in [1.82, 2.24) is 4.90 Å². The number of halogens is 1. The Kier molecular flexibility index (Phi) is 4.52. The summed E-state index contributed by atoms with van der Waals surface area (Å²) in [5.74, 6) is -0.732. The predicted octanol–water partition coefficient (Wildman–Crippen LogP) is 4.35. The molecular formula is C17H18ClNO2S. The summed E-state index contributed by atoms with van der Waals surface area (Å²) in [6.45, 7) is 2.88. The lowest BCUT2D eigenvalue weighted by atomic mass is 10.0. The van der Waals surface area contributed by atoms with Gasteiger partial charge in [0.15, 0.2) is 0 Å². The number of rotatable bonds is 4. The molecule has 0 bridgehead atoms. The van der Waals surface area contributed by atoms with Crippen LogP contribution in [0.4, 0.5) is 0 Å². The number of hydrogen-bond donors (Lipinski definition) is 1. The first-order valence-electron chi connectivity index (χ1n) is 7.36. The van der Waals surface area contributed by atoms with Crippen LogP contribution < -0.4 is 0 Å². The van der Waals surface area contributed by atoms with Gasteiger partial charge < -0.3 is 5.11 Å². The molecule has 0 spiro atoms. The fourth-order valence-corrected chi connectivity index (χ4v) is 4.28. The number of thiophene rings is 1. The number of carbonyl (C=O) groups is 1. The van der Waals surface area contributed by atoms with Crippen molar-refractivity contribution in [2.75, 3.05) is 6.54 Å². The van der Waals surface area contributed by atoms with E-state index in [1.807, 2.05) is 24.3 Å². The highest BCUT2D eigenvalue weighted by molar-refractivity contribution is 7.12.